The average Bonchev–Trinajstić information content (AvgIpc) is 2.33. The van der Waals surface area contributed by atoms with Crippen molar-refractivity contribution in [3.63, 3.8) is 0 Å². The number of rotatable bonds is 0. The van der Waals surface area contributed by atoms with E-state index in [0.29, 0.717) is 0 Å². The smallest absolute Gasteiger partial charge is 0.110 e. The largest absolute Gasteiger partial charge is 0.339 e. The number of allylic oxidation sites excluding steroid dienone is 2. The van der Waals surface area contributed by atoms with Gasteiger partial charge >= 0.3 is 0 Å². The molecule has 0 atom stereocenters. The first kappa shape index (κ1) is 5.86. The summed E-state index contributed by atoms with van der Waals surface area (Å²) in [5.41, 5.74) is 0. The Morgan fingerprint density at radius 2 is 2.50 bits per heavy atom. The maximum Gasteiger partial charge on any atom is 0.110 e. The summed E-state index contributed by atoms with van der Waals surface area (Å²) in [6, 6.07) is 0. The molecular weight excluding hydrogens is 148 g/mol. The van der Waals surface area contributed by atoms with Gasteiger partial charge in [-0.25, -0.2) is 0 Å². The first-order valence-corrected chi connectivity index (χ1v) is 3.42. The standard InChI is InChI=1S/C7H6ClN2/c8-6-1-2-7-9-3-4-10(7)5-6/h1-2,4,9H,5H2. The number of nitrogens with zero attached hydrogens (tertiary/aromatic N) is 1. The molecule has 0 aromatic carbocycles. The van der Waals surface area contributed by atoms with Crippen molar-refractivity contribution in [1.29, 1.82) is 0 Å². The summed E-state index contributed by atoms with van der Waals surface area (Å²) in [6.07, 6.45) is 8.55. The van der Waals surface area contributed by atoms with Crippen LogP contribution in [0, 0.1) is 6.20 Å². The molecule has 0 saturated carbocycles. The van der Waals surface area contributed by atoms with E-state index in [1.54, 1.807) is 0 Å². The summed E-state index contributed by atoms with van der Waals surface area (Å²) in [5.74, 6) is 1.05. The van der Waals surface area contributed by atoms with Crippen molar-refractivity contribution in [2.75, 3.05) is 6.54 Å². The van der Waals surface area contributed by atoms with Crippen LogP contribution in [-0.4, -0.2) is 11.4 Å². The second kappa shape index (κ2) is 2.06. The van der Waals surface area contributed by atoms with Crippen molar-refractivity contribution >= 4 is 11.6 Å². The third kappa shape index (κ3) is 0.809. The van der Waals surface area contributed by atoms with Crippen LogP contribution >= 0.6 is 11.6 Å². The Labute approximate surface area is 64.5 Å². The highest BCUT2D eigenvalue weighted by atomic mass is 35.5. The number of hydrogen-bond acceptors (Lipinski definition) is 2. The number of halogens is 1. The molecule has 10 heavy (non-hydrogen) atoms. The Hall–Kier alpha value is -0.890. The molecule has 0 amide bonds. The quantitative estimate of drug-likeness (QED) is 0.562. The summed E-state index contributed by atoms with van der Waals surface area (Å²) >= 11 is 5.78. The van der Waals surface area contributed by atoms with Crippen molar-refractivity contribution in [1.82, 2.24) is 10.2 Å². The van der Waals surface area contributed by atoms with Gasteiger partial charge in [0.2, 0.25) is 0 Å². The molecular formula is C7H6ClN2. The predicted octanol–water partition coefficient (Wildman–Crippen LogP) is 1.14. The van der Waals surface area contributed by atoms with Crippen molar-refractivity contribution < 1.29 is 0 Å². The molecule has 2 heterocycles. The van der Waals surface area contributed by atoms with Gasteiger partial charge in [-0.15, -0.1) is 0 Å². The van der Waals surface area contributed by atoms with E-state index in [9.17, 15) is 0 Å². The summed E-state index contributed by atoms with van der Waals surface area (Å²) in [7, 11) is 0. The molecule has 0 aromatic heterocycles. The van der Waals surface area contributed by atoms with Gasteiger partial charge < -0.3 is 10.2 Å². The van der Waals surface area contributed by atoms with E-state index >= 15 is 0 Å². The zero-order valence-corrected chi connectivity index (χ0v) is 6.02. The first-order chi connectivity index (χ1) is 4.86. The van der Waals surface area contributed by atoms with Gasteiger partial charge in [0.15, 0.2) is 0 Å². The topological polar surface area (TPSA) is 15.3 Å². The van der Waals surface area contributed by atoms with Crippen LogP contribution in [0.1, 0.15) is 0 Å². The van der Waals surface area contributed by atoms with Crippen LogP contribution < -0.4 is 5.32 Å². The molecule has 0 fully saturated rings. The second-order valence-electron chi connectivity index (χ2n) is 2.19. The monoisotopic (exact) mass is 153 g/mol. The Morgan fingerprint density at radius 3 is 3.40 bits per heavy atom. The van der Waals surface area contributed by atoms with E-state index in [4.69, 9.17) is 11.6 Å². The molecule has 2 aliphatic heterocycles. The lowest BCUT2D eigenvalue weighted by molar-refractivity contribution is 0.508. The lowest BCUT2D eigenvalue weighted by Crippen LogP contribution is -2.21. The molecule has 2 rings (SSSR count). The van der Waals surface area contributed by atoms with Gasteiger partial charge in [0.05, 0.1) is 12.7 Å². The molecule has 0 unspecified atom stereocenters. The minimum absolute atomic E-state index is 0.757. The molecule has 0 saturated heterocycles. The molecule has 0 bridgehead atoms. The van der Waals surface area contributed by atoms with Crippen LogP contribution in [0.4, 0.5) is 0 Å². The molecule has 0 aliphatic carbocycles. The third-order valence-corrected chi connectivity index (χ3v) is 1.72. The first-order valence-electron chi connectivity index (χ1n) is 3.04. The molecule has 0 aromatic rings. The van der Waals surface area contributed by atoms with Gasteiger partial charge in [0, 0.05) is 11.2 Å². The van der Waals surface area contributed by atoms with Gasteiger partial charge in [0.1, 0.15) is 5.82 Å². The van der Waals surface area contributed by atoms with Crippen LogP contribution in [-0.2, 0) is 0 Å². The number of nitrogens with one attached hydrogen (secondary N) is 1. The number of hydrogen-bond donors (Lipinski definition) is 1. The van der Waals surface area contributed by atoms with E-state index in [1.807, 2.05) is 23.3 Å². The number of fused-ring (bicyclic) bond motifs is 1. The van der Waals surface area contributed by atoms with Gasteiger partial charge in [-0.05, 0) is 12.2 Å². The van der Waals surface area contributed by atoms with Crippen molar-refractivity contribution in [2.45, 2.75) is 0 Å². The zero-order valence-electron chi connectivity index (χ0n) is 5.26. The van der Waals surface area contributed by atoms with Crippen LogP contribution in [0.15, 0.2) is 29.2 Å². The van der Waals surface area contributed by atoms with Crippen LogP contribution in [0.25, 0.3) is 0 Å². The lowest BCUT2D eigenvalue weighted by Gasteiger charge is -2.19. The SMILES string of the molecule is ClC1=CC=C2N[C]=CN2C1. The van der Waals surface area contributed by atoms with Gasteiger partial charge in [-0.3, -0.25) is 0 Å². The van der Waals surface area contributed by atoms with E-state index in [-0.39, 0.29) is 0 Å². The molecule has 1 N–H and O–H groups in total. The summed E-state index contributed by atoms with van der Waals surface area (Å²) < 4.78 is 0. The minimum Gasteiger partial charge on any atom is -0.339 e. The highest BCUT2D eigenvalue weighted by Gasteiger charge is 2.14. The van der Waals surface area contributed by atoms with Gasteiger partial charge in [0.25, 0.3) is 0 Å². The molecule has 1 radical (unpaired) electrons. The molecule has 2 aliphatic rings. The maximum atomic E-state index is 5.78. The normalized spacial score (nSPS) is 21.5. The van der Waals surface area contributed by atoms with Crippen LogP contribution in [0.2, 0.25) is 0 Å². The summed E-state index contributed by atoms with van der Waals surface area (Å²) in [4.78, 5) is 2.00. The Kier molecular flexibility index (Phi) is 1.21. The average molecular weight is 154 g/mol. The van der Waals surface area contributed by atoms with Crippen LogP contribution in [0.3, 0.4) is 0 Å². The molecule has 51 valence electrons. The van der Waals surface area contributed by atoms with Crippen LogP contribution in [0.5, 0.6) is 0 Å². The predicted molar refractivity (Wildman–Crippen MR) is 39.7 cm³/mol. The minimum atomic E-state index is 0.757. The lowest BCUT2D eigenvalue weighted by atomic mass is 10.3. The molecule has 2 nitrogen and oxygen atoms in total. The van der Waals surface area contributed by atoms with Gasteiger partial charge in [-0.2, -0.15) is 0 Å². The maximum absolute atomic E-state index is 5.78. The van der Waals surface area contributed by atoms with E-state index in [2.05, 4.69) is 11.5 Å². The van der Waals surface area contributed by atoms with Crippen molar-refractivity contribution in [3.8, 4) is 0 Å². The Bertz CT molecular complexity index is 240. The van der Waals surface area contributed by atoms with Crippen molar-refractivity contribution in [2.24, 2.45) is 0 Å². The fourth-order valence-corrected chi connectivity index (χ4v) is 1.17. The summed E-state index contributed by atoms with van der Waals surface area (Å²) in [5, 5.41) is 3.81. The highest BCUT2D eigenvalue weighted by Crippen LogP contribution is 2.18. The highest BCUT2D eigenvalue weighted by molar-refractivity contribution is 6.30. The Morgan fingerprint density at radius 1 is 1.60 bits per heavy atom. The summed E-state index contributed by atoms with van der Waals surface area (Å²) in [6.45, 7) is 0.757. The molecule has 0 spiro atoms. The van der Waals surface area contributed by atoms with Gasteiger partial charge in [-0.1, -0.05) is 11.6 Å². The zero-order chi connectivity index (χ0) is 6.97. The fourth-order valence-electron chi connectivity index (χ4n) is 0.978. The second-order valence-corrected chi connectivity index (χ2v) is 2.68. The van der Waals surface area contributed by atoms with E-state index in [1.165, 1.54) is 0 Å². The fraction of sp³-hybridized carbons (Fsp3) is 0.143. The molecule has 3 heteroatoms. The Balaban J connectivity index is 2.28. The van der Waals surface area contributed by atoms with Crippen molar-refractivity contribution in [3.05, 3.63) is 35.4 Å². The third-order valence-electron chi connectivity index (χ3n) is 1.47. The van der Waals surface area contributed by atoms with E-state index < -0.39 is 0 Å². The van der Waals surface area contributed by atoms with E-state index in [0.717, 1.165) is 17.4 Å².